The number of quaternary nitrogens is 1. The molecule has 128 valence electrons. The fraction of sp³-hybridized carbons (Fsp3) is 0.571. The third-order valence-corrected chi connectivity index (χ3v) is 5.83. The highest BCUT2D eigenvalue weighted by Crippen LogP contribution is 2.39. The number of rotatable bonds is 6. The molecule has 9 heteroatoms. The molecule has 2 aliphatic heterocycles. The first-order chi connectivity index (χ1) is 10.6. The van der Waals surface area contributed by atoms with Gasteiger partial charge in [0.15, 0.2) is 6.54 Å². The Bertz CT molecular complexity index is 617. The number of primary amides is 1. The summed E-state index contributed by atoms with van der Waals surface area (Å²) in [5.41, 5.74) is 12.1. The molecule has 0 aromatic heterocycles. The molecule has 0 aromatic carbocycles. The second-order valence-corrected chi connectivity index (χ2v) is 8.30. The van der Waals surface area contributed by atoms with E-state index in [2.05, 4.69) is 0 Å². The first-order valence-electron chi connectivity index (χ1n) is 7.29. The van der Waals surface area contributed by atoms with Crippen LogP contribution in [0.5, 0.6) is 0 Å². The van der Waals surface area contributed by atoms with Crippen LogP contribution in [-0.2, 0) is 20.6 Å². The molecule has 0 aromatic rings. The number of nitrogens with two attached hydrogens (primary N) is 2. The molecule has 3 atom stereocenters. The van der Waals surface area contributed by atoms with Crippen molar-refractivity contribution in [2.24, 2.45) is 11.5 Å². The first-order valence-corrected chi connectivity index (χ1v) is 8.84. The Hall–Kier alpha value is -1.22. The number of halogens is 1. The monoisotopic (exact) mass is 361 g/mol. The molecule has 0 saturated carbocycles. The summed E-state index contributed by atoms with van der Waals surface area (Å²) in [5.74, 6) is -0.371. The Kier molecular flexibility index (Phi) is 5.30. The van der Waals surface area contributed by atoms with Crippen molar-refractivity contribution in [2.45, 2.75) is 24.3 Å². The molecule has 2 aliphatic rings. The number of likely N-dealkylation sites (N-methyl/N-ethyl adjacent to an activating group) is 1. The Morgan fingerprint density at radius 1 is 1.48 bits per heavy atom. The van der Waals surface area contributed by atoms with Crippen LogP contribution in [0, 0.1) is 0 Å². The van der Waals surface area contributed by atoms with Gasteiger partial charge in [-0.2, -0.15) is 0 Å². The van der Waals surface area contributed by atoms with Gasteiger partial charge >= 0.3 is 0 Å². The molecule has 23 heavy (non-hydrogen) atoms. The largest absolute Gasteiger partial charge is 0.365 e. The van der Waals surface area contributed by atoms with Crippen molar-refractivity contribution in [2.75, 3.05) is 27.2 Å². The van der Waals surface area contributed by atoms with E-state index in [0.29, 0.717) is 17.4 Å². The standard InChI is InChI=1S/C14H21ClN4O3S/c1-19(2,8-11(16)20)7-3-4-9-5-6-10-14(17)23(22)18(10)12(9)13(15)21/h3-4,10,14H,5-8,17H2,1-2H3,(H-,16,20)/p+1/b4-3+/t10-,14-,23?/m1/s1. The van der Waals surface area contributed by atoms with Crippen LogP contribution >= 0.6 is 11.6 Å². The highest BCUT2D eigenvalue weighted by atomic mass is 35.5. The average molecular weight is 362 g/mol. The van der Waals surface area contributed by atoms with Gasteiger partial charge < -0.3 is 16.0 Å². The molecule has 0 radical (unpaired) electrons. The van der Waals surface area contributed by atoms with Crippen LogP contribution < -0.4 is 11.5 Å². The minimum Gasteiger partial charge on any atom is -0.365 e. The summed E-state index contributed by atoms with van der Waals surface area (Å²) in [6.45, 7) is 0.792. The van der Waals surface area contributed by atoms with Crippen LogP contribution in [0.3, 0.4) is 0 Å². The predicted octanol–water partition coefficient (Wildman–Crippen LogP) is -0.450. The molecule has 1 saturated heterocycles. The maximum absolute atomic E-state index is 12.0. The molecule has 2 heterocycles. The summed E-state index contributed by atoms with van der Waals surface area (Å²) in [7, 11) is 2.37. The molecule has 0 aliphatic carbocycles. The van der Waals surface area contributed by atoms with Gasteiger partial charge in [0.05, 0.1) is 26.7 Å². The summed E-state index contributed by atoms with van der Waals surface area (Å²) >= 11 is 5.68. The molecular weight excluding hydrogens is 340 g/mol. The Balaban J connectivity index is 2.16. The molecule has 2 rings (SSSR count). The molecule has 1 amide bonds. The lowest BCUT2D eigenvalue weighted by molar-refractivity contribution is -0.876. The number of nitrogens with zero attached hydrogens (tertiary/aromatic N) is 2. The molecule has 0 bridgehead atoms. The zero-order valence-corrected chi connectivity index (χ0v) is 14.8. The minimum atomic E-state index is -1.41. The van der Waals surface area contributed by atoms with E-state index in [-0.39, 0.29) is 24.2 Å². The van der Waals surface area contributed by atoms with Gasteiger partial charge in [-0.1, -0.05) is 6.08 Å². The molecular formula is C14H22ClN4O3S+. The second kappa shape index (κ2) is 6.72. The summed E-state index contributed by atoms with van der Waals surface area (Å²) in [6.07, 6.45) is 5.08. The Morgan fingerprint density at radius 2 is 2.13 bits per heavy atom. The predicted molar refractivity (Wildman–Crippen MR) is 89.0 cm³/mol. The van der Waals surface area contributed by atoms with Crippen molar-refractivity contribution in [3.63, 3.8) is 0 Å². The number of hydrogen-bond donors (Lipinski definition) is 2. The van der Waals surface area contributed by atoms with E-state index in [0.717, 1.165) is 12.0 Å². The third-order valence-electron chi connectivity index (χ3n) is 4.03. The summed E-state index contributed by atoms with van der Waals surface area (Å²) in [5, 5.41) is -1.06. The quantitative estimate of drug-likeness (QED) is 0.493. The maximum Gasteiger partial charge on any atom is 0.272 e. The van der Waals surface area contributed by atoms with E-state index in [9.17, 15) is 13.8 Å². The van der Waals surface area contributed by atoms with Crippen LogP contribution in [0.1, 0.15) is 12.8 Å². The smallest absolute Gasteiger partial charge is 0.272 e. The molecule has 1 unspecified atom stereocenters. The normalized spacial score (nSPS) is 27.8. The van der Waals surface area contributed by atoms with Crippen molar-refractivity contribution in [3.8, 4) is 0 Å². The first kappa shape index (κ1) is 18.1. The van der Waals surface area contributed by atoms with E-state index < -0.39 is 21.6 Å². The van der Waals surface area contributed by atoms with E-state index in [1.165, 1.54) is 4.31 Å². The molecule has 7 nitrogen and oxygen atoms in total. The van der Waals surface area contributed by atoms with Crippen LogP contribution in [0.4, 0.5) is 0 Å². The lowest BCUT2D eigenvalue weighted by Crippen LogP contribution is -2.65. The van der Waals surface area contributed by atoms with E-state index in [1.54, 1.807) is 0 Å². The van der Waals surface area contributed by atoms with Crippen LogP contribution in [0.25, 0.3) is 0 Å². The van der Waals surface area contributed by atoms with Crippen molar-refractivity contribution >= 4 is 33.7 Å². The Labute approximate surface area is 143 Å². The number of hydrogen-bond acceptors (Lipinski definition) is 4. The molecule has 1 fully saturated rings. The van der Waals surface area contributed by atoms with E-state index >= 15 is 0 Å². The summed E-state index contributed by atoms with van der Waals surface area (Å²) in [4.78, 5) is 22.8. The maximum atomic E-state index is 12.0. The van der Waals surface area contributed by atoms with E-state index in [4.69, 9.17) is 23.1 Å². The van der Waals surface area contributed by atoms with Crippen LogP contribution in [-0.4, -0.2) is 62.7 Å². The van der Waals surface area contributed by atoms with Crippen molar-refractivity contribution in [3.05, 3.63) is 23.4 Å². The highest BCUT2D eigenvalue weighted by Gasteiger charge is 2.49. The highest BCUT2D eigenvalue weighted by molar-refractivity contribution is 7.84. The Morgan fingerprint density at radius 3 is 2.70 bits per heavy atom. The van der Waals surface area contributed by atoms with Gasteiger partial charge in [0.25, 0.3) is 11.1 Å². The third kappa shape index (κ3) is 3.82. The lowest BCUT2D eigenvalue weighted by atomic mass is 9.97. The number of carbonyl (C=O) groups excluding carboxylic acids is 2. The lowest BCUT2D eigenvalue weighted by Gasteiger charge is -2.49. The van der Waals surface area contributed by atoms with Gasteiger partial charge in [-0.15, -0.1) is 0 Å². The van der Waals surface area contributed by atoms with Gasteiger partial charge in [0.2, 0.25) is 0 Å². The van der Waals surface area contributed by atoms with Gasteiger partial charge in [-0.05, 0) is 36.1 Å². The topological polar surface area (TPSA) is 106 Å². The minimum absolute atomic E-state index is 0.0900. The average Bonchev–Trinajstić information content (AvgIpc) is 2.43. The van der Waals surface area contributed by atoms with Crippen LogP contribution in [0.2, 0.25) is 0 Å². The zero-order chi connectivity index (χ0) is 17.4. The second-order valence-electron chi connectivity index (χ2n) is 6.47. The van der Waals surface area contributed by atoms with Crippen molar-refractivity contribution in [1.82, 2.24) is 4.31 Å². The molecule has 0 spiro atoms. The number of fused-ring (bicyclic) bond motifs is 1. The number of amides is 1. The van der Waals surface area contributed by atoms with Crippen molar-refractivity contribution in [1.29, 1.82) is 0 Å². The summed E-state index contributed by atoms with van der Waals surface area (Å²) in [6, 6.07) is -0.0900. The van der Waals surface area contributed by atoms with Gasteiger partial charge in [-0.3, -0.25) is 13.9 Å². The number of carbonyl (C=O) groups is 2. The van der Waals surface area contributed by atoms with Gasteiger partial charge in [0.1, 0.15) is 22.1 Å². The SMILES string of the molecule is C[N+](C)(C/C=C/C1=C(C(=O)Cl)N2[C@H](CC1)[C@H](N)S2=O)CC(N)=O. The summed E-state index contributed by atoms with van der Waals surface area (Å²) < 4.78 is 13.9. The van der Waals surface area contributed by atoms with Crippen molar-refractivity contribution < 1.29 is 18.3 Å². The van der Waals surface area contributed by atoms with Crippen LogP contribution in [0.15, 0.2) is 23.4 Å². The zero-order valence-electron chi connectivity index (χ0n) is 13.2. The molecule has 4 N–H and O–H groups in total. The number of allylic oxidation sites excluding steroid dienone is 3. The van der Waals surface area contributed by atoms with E-state index in [1.807, 2.05) is 26.2 Å². The van der Waals surface area contributed by atoms with Gasteiger partial charge in [-0.25, -0.2) is 4.21 Å². The fourth-order valence-electron chi connectivity index (χ4n) is 2.91. The fourth-order valence-corrected chi connectivity index (χ4v) is 4.65. The van der Waals surface area contributed by atoms with Gasteiger partial charge in [0, 0.05) is 0 Å².